The summed E-state index contributed by atoms with van der Waals surface area (Å²) in [7, 11) is 0. The highest BCUT2D eigenvalue weighted by atomic mass is 16.4. The van der Waals surface area contributed by atoms with Gasteiger partial charge in [0.05, 0.1) is 5.48 Å². The minimum Gasteiger partial charge on any atom is -0.508 e. The molecule has 0 fully saturated rings. The van der Waals surface area contributed by atoms with Crippen molar-refractivity contribution in [3.05, 3.63) is 29.8 Å². The van der Waals surface area contributed by atoms with Crippen LogP contribution in [0.4, 0.5) is 0 Å². The van der Waals surface area contributed by atoms with Gasteiger partial charge in [-0.05, 0) is 24.0 Å². The molecule has 0 aliphatic rings. The molecule has 0 heterocycles. The molecule has 70 valence electrons. The van der Waals surface area contributed by atoms with Crippen LogP contribution in [0.1, 0.15) is 12.4 Å². The first-order valence-corrected chi connectivity index (χ1v) is 3.26. The van der Waals surface area contributed by atoms with Crippen molar-refractivity contribution >= 4 is 5.97 Å². The number of phenolic OH excluding ortho intramolecular Hbond substituents is 1. The van der Waals surface area contributed by atoms with E-state index in [9.17, 15) is 4.79 Å². The van der Waals surface area contributed by atoms with Gasteiger partial charge in [-0.1, -0.05) is 12.1 Å². The Morgan fingerprint density at radius 3 is 3.38 bits per heavy atom. The van der Waals surface area contributed by atoms with Crippen molar-refractivity contribution in [2.24, 2.45) is 5.72 Å². The van der Waals surface area contributed by atoms with Gasteiger partial charge in [-0.25, -0.2) is 0 Å². The van der Waals surface area contributed by atoms with Crippen molar-refractivity contribution in [2.45, 2.75) is 12.4 Å². The molecule has 0 spiro atoms. The first kappa shape index (κ1) is 3.31. The lowest BCUT2D eigenvalue weighted by Gasteiger charge is -2.05. The molecule has 0 saturated carbocycles. The van der Waals surface area contributed by atoms with Gasteiger partial charge < -0.3 is 15.9 Å². The third-order valence-electron chi connectivity index (χ3n) is 1.19. The summed E-state index contributed by atoms with van der Waals surface area (Å²) in [5.41, 5.74) is -0.984. The number of benzene rings is 1. The maximum atomic E-state index is 11.1. The highest BCUT2D eigenvalue weighted by Crippen LogP contribution is 2.10. The average molecular weight is 189 g/mol. The van der Waals surface area contributed by atoms with Gasteiger partial charge in [0.2, 0.25) is 0 Å². The lowest BCUT2D eigenvalue weighted by atomic mass is 10.1. The third-order valence-corrected chi connectivity index (χ3v) is 1.19. The standard InChI is InChI=1S/C9H11NO3/c10-8(9(12)13)5-6-1-3-7(11)4-2-6/h1-4,8,11H,5,10H2,(H,12,13)/t8-/m1/s1/i1D,3D,4D,5D,8D/hD3/t5?,8-. The number of carbonyl (C=O) groups is 1. The lowest BCUT2D eigenvalue weighted by Crippen LogP contribution is -2.32. The van der Waals surface area contributed by atoms with E-state index in [1.807, 2.05) is 0 Å². The molecule has 0 amide bonds. The summed E-state index contributed by atoms with van der Waals surface area (Å²) in [6.07, 6.45) is -2.09. The maximum Gasteiger partial charge on any atom is 0.320 e. The Labute approximate surface area is 87.1 Å². The van der Waals surface area contributed by atoms with Crippen molar-refractivity contribution in [3.8, 4) is 5.75 Å². The molecule has 13 heavy (non-hydrogen) atoms. The topological polar surface area (TPSA) is 83.5 Å². The average Bonchev–Trinajstić information content (AvgIpc) is 2.41. The number of hydrogen-bond acceptors (Lipinski definition) is 3. The fourth-order valence-electron chi connectivity index (χ4n) is 0.631. The van der Waals surface area contributed by atoms with Crippen LogP contribution in [0.5, 0.6) is 5.75 Å². The zero-order valence-electron chi connectivity index (χ0n) is 14.4. The normalized spacial score (nSPS) is 25.9. The number of carboxylic acid groups (broad SMARTS) is 1. The summed E-state index contributed by atoms with van der Waals surface area (Å²) in [5.74, 6) is -2.50. The van der Waals surface area contributed by atoms with Crippen LogP contribution in [0.3, 0.4) is 0 Å². The highest BCUT2D eigenvalue weighted by Gasteiger charge is 2.11. The molecule has 0 saturated heterocycles. The Morgan fingerprint density at radius 2 is 2.77 bits per heavy atom. The van der Waals surface area contributed by atoms with Gasteiger partial charge in [0, 0.05) is 1.37 Å². The Balaban J connectivity index is 3.50. The van der Waals surface area contributed by atoms with Crippen molar-refractivity contribution in [3.63, 3.8) is 0 Å². The summed E-state index contributed by atoms with van der Waals surface area (Å²) >= 11 is 0. The van der Waals surface area contributed by atoms with Crippen LogP contribution in [0, 0.1) is 0 Å². The molecule has 0 aliphatic heterocycles. The van der Waals surface area contributed by atoms with Crippen LogP contribution in [-0.4, -0.2) is 23.6 Å². The van der Waals surface area contributed by atoms with Gasteiger partial charge >= 0.3 is 5.97 Å². The predicted molar refractivity (Wildman–Crippen MR) is 47.4 cm³/mol. The molecule has 0 radical (unpaired) electrons. The van der Waals surface area contributed by atoms with Gasteiger partial charge in [-0.3, -0.25) is 4.79 Å². The Kier molecular flexibility index (Phi) is 0.994. The minimum atomic E-state index is -3.04. The third kappa shape index (κ3) is 2.76. The molecule has 0 bridgehead atoms. The van der Waals surface area contributed by atoms with Crippen LogP contribution in [-0.2, 0) is 11.2 Å². The van der Waals surface area contributed by atoms with Crippen LogP contribution in [0.2, 0.25) is 2.82 Å². The minimum absolute atomic E-state index is 0.491. The molecule has 1 aromatic rings. The molecule has 1 rings (SSSR count). The summed E-state index contributed by atoms with van der Waals surface area (Å²) in [6, 6.07) is -4.17. The summed E-state index contributed by atoms with van der Waals surface area (Å²) in [4.78, 5) is 11.1. The second kappa shape index (κ2) is 3.91. The van der Waals surface area contributed by atoms with E-state index in [4.69, 9.17) is 16.2 Å². The van der Waals surface area contributed by atoms with Crippen molar-refractivity contribution in [1.29, 1.82) is 1.43 Å². The maximum absolute atomic E-state index is 11.1. The predicted octanol–water partition coefficient (Wildman–Crippen LogP) is 0.347. The number of carboxylic acids is 1. The number of aliphatic carboxylic acids is 1. The Morgan fingerprint density at radius 1 is 1.92 bits per heavy atom. The van der Waals surface area contributed by atoms with Gasteiger partial charge in [-0.2, -0.15) is 0 Å². The molecule has 0 aliphatic carbocycles. The fraction of sp³-hybridized carbons (Fsp3) is 0.222. The SMILES string of the molecule is [2H]Oc1c([2H])cc(C([2H])[C@]([2H])(C(=O)O)N([2H])[2H])c([2H])c1[2H]. The van der Waals surface area contributed by atoms with Crippen molar-refractivity contribution < 1.29 is 24.7 Å². The molecular formula is C9H11NO3. The molecule has 4 nitrogen and oxygen atoms in total. The van der Waals surface area contributed by atoms with Gasteiger partial charge in [0.25, 0.3) is 1.43 Å². The number of phenols is 1. The zero-order valence-corrected chi connectivity index (χ0v) is 6.37. The summed E-state index contributed by atoms with van der Waals surface area (Å²) in [6.45, 7) is 0. The smallest absolute Gasteiger partial charge is 0.320 e. The van der Waals surface area contributed by atoms with E-state index in [-0.39, 0.29) is 0 Å². The van der Waals surface area contributed by atoms with E-state index in [1.165, 1.54) is 0 Å². The number of rotatable bonds is 5. The van der Waals surface area contributed by atoms with E-state index >= 15 is 0 Å². The van der Waals surface area contributed by atoms with Crippen molar-refractivity contribution in [1.82, 2.24) is 0 Å². The second-order valence-corrected chi connectivity index (χ2v) is 2.16. The van der Waals surface area contributed by atoms with Crippen molar-refractivity contribution in [2.75, 3.05) is 0 Å². The summed E-state index contributed by atoms with van der Waals surface area (Å²) in [5, 5.41) is 13.0. The van der Waals surface area contributed by atoms with E-state index in [0.717, 1.165) is 6.07 Å². The molecule has 1 aromatic carbocycles. The fourth-order valence-corrected chi connectivity index (χ4v) is 0.631. The molecule has 1 unspecified atom stereocenters. The quantitative estimate of drug-likeness (QED) is 0.624. The van der Waals surface area contributed by atoms with E-state index in [2.05, 4.69) is 5.11 Å². The number of nitrogens with two attached hydrogens (primary N) is 1. The highest BCUT2D eigenvalue weighted by molar-refractivity contribution is 5.73. The number of aromatic hydroxyl groups is 1. The zero-order chi connectivity index (χ0) is 16.5. The largest absolute Gasteiger partial charge is 0.508 e. The van der Waals surface area contributed by atoms with E-state index in [1.54, 1.807) is 0 Å². The molecule has 0 aromatic heterocycles. The van der Waals surface area contributed by atoms with Gasteiger partial charge in [0.1, 0.15) is 14.6 Å². The van der Waals surface area contributed by atoms with Gasteiger partial charge in [-0.15, -0.1) is 0 Å². The summed E-state index contributed by atoms with van der Waals surface area (Å²) < 4.78 is 58.8. The van der Waals surface area contributed by atoms with Gasteiger partial charge in [0.15, 0.2) is 0 Å². The molecule has 4 N–H and O–H groups in total. The van der Waals surface area contributed by atoms with Crippen LogP contribution in [0.25, 0.3) is 0 Å². The second-order valence-electron chi connectivity index (χ2n) is 2.16. The van der Waals surface area contributed by atoms with Crippen LogP contribution >= 0.6 is 0 Å². The van der Waals surface area contributed by atoms with Crippen LogP contribution < -0.4 is 5.72 Å². The lowest BCUT2D eigenvalue weighted by molar-refractivity contribution is -0.138. The first-order valence-electron chi connectivity index (χ1n) is 7.14. The number of hydrogen-bond donors (Lipinski definition) is 3. The first-order chi connectivity index (χ1) is 9.58. The van der Waals surface area contributed by atoms with E-state index in [0.29, 0.717) is 0 Å². The van der Waals surface area contributed by atoms with Crippen LogP contribution in [0.15, 0.2) is 24.2 Å². The van der Waals surface area contributed by atoms with E-state index < -0.39 is 53.5 Å². The molecular weight excluding hydrogens is 170 g/mol. The molecule has 4 heteroatoms. The molecule has 2 atom stereocenters. The Hall–Kier alpha value is -1.55. The Bertz CT molecular complexity index is 568. The monoisotopic (exact) mass is 189 g/mol.